The van der Waals surface area contributed by atoms with E-state index >= 15 is 0 Å². The maximum Gasteiger partial charge on any atom is 0.238 e. The highest BCUT2D eigenvalue weighted by atomic mass is 19.1. The highest BCUT2D eigenvalue weighted by molar-refractivity contribution is 5.92. The molecule has 1 amide bonds. The molecular weight excluding hydrogens is 251 g/mol. The Morgan fingerprint density at radius 1 is 1.37 bits per heavy atom. The minimum atomic E-state index is -0.454. The fourth-order valence-electron chi connectivity index (χ4n) is 1.50. The van der Waals surface area contributed by atoms with E-state index in [-0.39, 0.29) is 24.2 Å². The Morgan fingerprint density at radius 3 is 2.74 bits per heavy atom. The van der Waals surface area contributed by atoms with Gasteiger partial charge in [0.1, 0.15) is 5.82 Å². The lowest BCUT2D eigenvalue weighted by atomic mass is 10.3. The molecule has 1 atom stereocenters. The Bertz CT molecular complexity index is 401. The van der Waals surface area contributed by atoms with Crippen molar-refractivity contribution >= 4 is 11.6 Å². The number of hydrogen-bond donors (Lipinski definition) is 2. The number of benzene rings is 1. The van der Waals surface area contributed by atoms with E-state index in [9.17, 15) is 9.18 Å². The normalized spacial score (nSPS) is 12.2. The summed E-state index contributed by atoms with van der Waals surface area (Å²) in [6.45, 7) is 1.01. The van der Waals surface area contributed by atoms with Crippen molar-refractivity contribution in [3.63, 3.8) is 0 Å². The van der Waals surface area contributed by atoms with Crippen LogP contribution in [0.4, 0.5) is 10.1 Å². The third kappa shape index (κ3) is 5.78. The van der Waals surface area contributed by atoms with Crippen LogP contribution in [0, 0.1) is 5.82 Å². The molecule has 19 heavy (non-hydrogen) atoms. The van der Waals surface area contributed by atoms with Gasteiger partial charge in [-0.15, -0.1) is 0 Å². The average Bonchev–Trinajstić information content (AvgIpc) is 2.40. The molecule has 1 aromatic carbocycles. The first-order valence-electron chi connectivity index (χ1n) is 5.94. The van der Waals surface area contributed by atoms with E-state index in [2.05, 4.69) is 10.6 Å². The number of amides is 1. The lowest BCUT2D eigenvalue weighted by molar-refractivity contribution is -0.115. The van der Waals surface area contributed by atoms with Gasteiger partial charge in [-0.25, -0.2) is 4.39 Å². The molecule has 0 aromatic heterocycles. The summed E-state index contributed by atoms with van der Waals surface area (Å²) in [6.07, 6.45) is -0.119. The predicted molar refractivity (Wildman–Crippen MR) is 70.6 cm³/mol. The summed E-state index contributed by atoms with van der Waals surface area (Å²) in [5.41, 5.74) is 0.175. The zero-order valence-electron chi connectivity index (χ0n) is 11.1. The highest BCUT2D eigenvalue weighted by Gasteiger charge is 2.09. The molecular formula is C13H19FN2O3. The molecule has 1 rings (SSSR count). The largest absolute Gasteiger partial charge is 0.382 e. The smallest absolute Gasteiger partial charge is 0.238 e. The van der Waals surface area contributed by atoms with Gasteiger partial charge in [-0.2, -0.15) is 0 Å². The number of para-hydroxylation sites is 1. The van der Waals surface area contributed by atoms with E-state index in [1.54, 1.807) is 26.4 Å². The number of carbonyl (C=O) groups excluding carboxylic acids is 1. The zero-order valence-corrected chi connectivity index (χ0v) is 11.1. The quantitative estimate of drug-likeness (QED) is 0.740. The first-order chi connectivity index (χ1) is 9.17. The third-order valence-electron chi connectivity index (χ3n) is 2.49. The molecule has 1 unspecified atom stereocenters. The van der Waals surface area contributed by atoms with Crippen LogP contribution >= 0.6 is 0 Å². The van der Waals surface area contributed by atoms with Crippen molar-refractivity contribution in [3.8, 4) is 0 Å². The van der Waals surface area contributed by atoms with E-state index < -0.39 is 5.82 Å². The molecule has 106 valence electrons. The molecule has 5 nitrogen and oxygen atoms in total. The maximum atomic E-state index is 13.3. The van der Waals surface area contributed by atoms with Crippen LogP contribution in [-0.2, 0) is 14.3 Å². The lowest BCUT2D eigenvalue weighted by Gasteiger charge is -2.14. The molecule has 0 saturated heterocycles. The van der Waals surface area contributed by atoms with E-state index in [1.165, 1.54) is 12.1 Å². The predicted octanol–water partition coefficient (Wildman–Crippen LogP) is 1.02. The van der Waals surface area contributed by atoms with Gasteiger partial charge in [0, 0.05) is 20.8 Å². The summed E-state index contributed by atoms with van der Waals surface area (Å²) in [7, 11) is 3.15. The van der Waals surface area contributed by atoms with Gasteiger partial charge in [0.15, 0.2) is 0 Å². The summed E-state index contributed by atoms with van der Waals surface area (Å²) >= 11 is 0. The minimum Gasteiger partial charge on any atom is -0.382 e. The number of methoxy groups -OCH3 is 2. The van der Waals surface area contributed by atoms with Crippen LogP contribution in [-0.4, -0.2) is 45.9 Å². The van der Waals surface area contributed by atoms with Crippen LogP contribution in [0.5, 0.6) is 0 Å². The maximum absolute atomic E-state index is 13.3. The number of nitrogens with one attached hydrogen (secondary N) is 2. The van der Waals surface area contributed by atoms with Gasteiger partial charge in [0.25, 0.3) is 0 Å². The molecule has 0 fully saturated rings. The highest BCUT2D eigenvalue weighted by Crippen LogP contribution is 2.11. The Hall–Kier alpha value is -1.50. The summed E-state index contributed by atoms with van der Waals surface area (Å²) in [4.78, 5) is 11.6. The summed E-state index contributed by atoms with van der Waals surface area (Å²) < 4.78 is 23.4. The number of halogens is 1. The molecule has 1 aromatic rings. The van der Waals surface area contributed by atoms with Crippen molar-refractivity contribution in [2.24, 2.45) is 0 Å². The van der Waals surface area contributed by atoms with Gasteiger partial charge in [-0.3, -0.25) is 4.79 Å². The van der Waals surface area contributed by atoms with Crippen LogP contribution in [0.1, 0.15) is 0 Å². The summed E-state index contributed by atoms with van der Waals surface area (Å²) in [6, 6.07) is 6.03. The van der Waals surface area contributed by atoms with Crippen molar-refractivity contribution in [2.45, 2.75) is 6.10 Å². The molecule has 0 bridgehead atoms. The van der Waals surface area contributed by atoms with Crippen molar-refractivity contribution in [2.75, 3.05) is 39.2 Å². The van der Waals surface area contributed by atoms with E-state index in [1.807, 2.05) is 0 Å². The Morgan fingerprint density at radius 2 is 2.11 bits per heavy atom. The van der Waals surface area contributed by atoms with E-state index in [0.29, 0.717) is 13.2 Å². The topological polar surface area (TPSA) is 59.6 Å². The van der Waals surface area contributed by atoms with Crippen LogP contribution in [0.2, 0.25) is 0 Å². The second-order valence-corrected chi connectivity index (χ2v) is 3.97. The second-order valence-electron chi connectivity index (χ2n) is 3.97. The monoisotopic (exact) mass is 270 g/mol. The fraction of sp³-hybridized carbons (Fsp3) is 0.462. The molecule has 0 heterocycles. The standard InChI is InChI=1S/C13H19FN2O3/c1-18-9-10(19-2)7-15-8-13(17)16-12-6-4-3-5-11(12)14/h3-6,10,15H,7-9H2,1-2H3,(H,16,17). The molecule has 0 aliphatic rings. The van der Waals surface area contributed by atoms with Crippen LogP contribution in [0.15, 0.2) is 24.3 Å². The Balaban J connectivity index is 2.30. The van der Waals surface area contributed by atoms with E-state index in [4.69, 9.17) is 9.47 Å². The number of hydrogen-bond acceptors (Lipinski definition) is 4. The zero-order chi connectivity index (χ0) is 14.1. The fourth-order valence-corrected chi connectivity index (χ4v) is 1.50. The van der Waals surface area contributed by atoms with Crippen LogP contribution < -0.4 is 10.6 Å². The van der Waals surface area contributed by atoms with Gasteiger partial charge < -0.3 is 20.1 Å². The summed E-state index contributed by atoms with van der Waals surface area (Å²) in [5, 5.41) is 5.41. The van der Waals surface area contributed by atoms with Crippen LogP contribution in [0.3, 0.4) is 0 Å². The first-order valence-corrected chi connectivity index (χ1v) is 5.94. The van der Waals surface area contributed by atoms with Gasteiger partial charge in [0.05, 0.1) is 24.9 Å². The number of rotatable bonds is 8. The second kappa shape index (κ2) is 8.58. The molecule has 2 N–H and O–H groups in total. The molecule has 0 radical (unpaired) electrons. The van der Waals surface area contributed by atoms with Crippen molar-refractivity contribution in [1.82, 2.24) is 5.32 Å². The third-order valence-corrected chi connectivity index (χ3v) is 2.49. The molecule has 0 saturated carbocycles. The Labute approximate surface area is 112 Å². The molecule has 0 spiro atoms. The van der Waals surface area contributed by atoms with Crippen molar-refractivity contribution in [1.29, 1.82) is 0 Å². The van der Waals surface area contributed by atoms with E-state index in [0.717, 1.165) is 0 Å². The van der Waals surface area contributed by atoms with Crippen molar-refractivity contribution in [3.05, 3.63) is 30.1 Å². The molecule has 0 aliphatic carbocycles. The SMILES string of the molecule is COCC(CNCC(=O)Nc1ccccc1F)OC. The minimum absolute atomic E-state index is 0.0813. The first kappa shape index (κ1) is 15.6. The number of carbonyl (C=O) groups is 1. The van der Waals surface area contributed by atoms with Crippen LogP contribution in [0.25, 0.3) is 0 Å². The van der Waals surface area contributed by atoms with Gasteiger partial charge >= 0.3 is 0 Å². The van der Waals surface area contributed by atoms with Gasteiger partial charge in [-0.05, 0) is 12.1 Å². The number of anilines is 1. The molecule has 0 aliphatic heterocycles. The Kier molecular flexibility index (Phi) is 7.02. The number of ether oxygens (including phenoxy) is 2. The summed E-state index contributed by atoms with van der Waals surface area (Å²) in [5.74, 6) is -0.762. The molecule has 6 heteroatoms. The van der Waals surface area contributed by atoms with Crippen molar-refractivity contribution < 1.29 is 18.7 Å². The van der Waals surface area contributed by atoms with Gasteiger partial charge in [0.2, 0.25) is 5.91 Å². The lowest BCUT2D eigenvalue weighted by Crippen LogP contribution is -2.36. The average molecular weight is 270 g/mol. The van der Waals surface area contributed by atoms with Gasteiger partial charge in [-0.1, -0.05) is 12.1 Å².